The number of nitrogens with zero attached hydrogens (tertiary/aromatic N) is 2. The summed E-state index contributed by atoms with van der Waals surface area (Å²) < 4.78 is 5.72. The van der Waals surface area contributed by atoms with E-state index in [-0.39, 0.29) is 0 Å². The smallest absolute Gasteiger partial charge is 0.224 e. The highest BCUT2D eigenvalue weighted by Crippen LogP contribution is 2.24. The van der Waals surface area contributed by atoms with Crippen LogP contribution in [0.3, 0.4) is 0 Å². The summed E-state index contributed by atoms with van der Waals surface area (Å²) in [5, 5.41) is 2.86. The zero-order chi connectivity index (χ0) is 12.4. The van der Waals surface area contributed by atoms with Crippen molar-refractivity contribution in [2.75, 3.05) is 5.73 Å². The standard InChI is InChI=1S/C13H11N3OS/c14-9-3-4-12-11(6-9)13(16-8-15-12)17-7-10-2-1-5-18-10/h1-6,8H,7,14H2. The largest absolute Gasteiger partial charge is 0.471 e. The van der Waals surface area contributed by atoms with Crippen LogP contribution in [0.5, 0.6) is 5.88 Å². The van der Waals surface area contributed by atoms with Crippen LogP contribution in [0.25, 0.3) is 10.9 Å². The lowest BCUT2D eigenvalue weighted by atomic mass is 10.2. The summed E-state index contributed by atoms with van der Waals surface area (Å²) in [6.07, 6.45) is 1.50. The molecule has 0 saturated heterocycles. The van der Waals surface area contributed by atoms with Crippen molar-refractivity contribution in [1.29, 1.82) is 0 Å². The predicted octanol–water partition coefficient (Wildman–Crippen LogP) is 2.85. The van der Waals surface area contributed by atoms with Gasteiger partial charge in [-0.15, -0.1) is 11.3 Å². The molecule has 0 aliphatic carbocycles. The minimum Gasteiger partial charge on any atom is -0.471 e. The molecule has 18 heavy (non-hydrogen) atoms. The third-order valence-electron chi connectivity index (χ3n) is 2.55. The minimum absolute atomic E-state index is 0.512. The van der Waals surface area contributed by atoms with E-state index in [0.29, 0.717) is 18.2 Å². The second-order valence-electron chi connectivity index (χ2n) is 3.82. The molecular weight excluding hydrogens is 246 g/mol. The van der Waals surface area contributed by atoms with E-state index in [2.05, 4.69) is 9.97 Å². The molecule has 0 aliphatic rings. The van der Waals surface area contributed by atoms with Gasteiger partial charge in [-0.2, -0.15) is 0 Å². The van der Waals surface area contributed by atoms with Gasteiger partial charge in [0, 0.05) is 10.6 Å². The van der Waals surface area contributed by atoms with E-state index in [1.165, 1.54) is 6.33 Å². The Labute approximate surface area is 108 Å². The van der Waals surface area contributed by atoms with Crippen LogP contribution in [0.2, 0.25) is 0 Å². The van der Waals surface area contributed by atoms with Crippen LogP contribution in [0.4, 0.5) is 5.69 Å². The Balaban J connectivity index is 1.93. The van der Waals surface area contributed by atoms with Gasteiger partial charge in [-0.3, -0.25) is 0 Å². The fourth-order valence-electron chi connectivity index (χ4n) is 1.70. The van der Waals surface area contributed by atoms with Gasteiger partial charge in [0.1, 0.15) is 12.9 Å². The number of nitrogen functional groups attached to an aromatic ring is 1. The molecule has 3 rings (SSSR count). The van der Waals surface area contributed by atoms with Crippen molar-refractivity contribution in [3.63, 3.8) is 0 Å². The van der Waals surface area contributed by atoms with E-state index in [1.54, 1.807) is 11.3 Å². The quantitative estimate of drug-likeness (QED) is 0.733. The Kier molecular flexibility index (Phi) is 2.82. The van der Waals surface area contributed by atoms with E-state index in [1.807, 2.05) is 35.7 Å². The number of anilines is 1. The predicted molar refractivity (Wildman–Crippen MR) is 72.6 cm³/mol. The Hall–Kier alpha value is -2.14. The number of aromatic nitrogens is 2. The summed E-state index contributed by atoms with van der Waals surface area (Å²) >= 11 is 1.66. The molecule has 0 saturated carbocycles. The summed E-state index contributed by atoms with van der Waals surface area (Å²) in [6, 6.07) is 9.55. The zero-order valence-electron chi connectivity index (χ0n) is 9.54. The maximum Gasteiger partial charge on any atom is 0.224 e. The molecule has 0 unspecified atom stereocenters. The van der Waals surface area contributed by atoms with Gasteiger partial charge < -0.3 is 10.5 Å². The summed E-state index contributed by atoms with van der Waals surface area (Å²) in [5.74, 6) is 0.570. The molecule has 90 valence electrons. The Morgan fingerprint density at radius 1 is 1.22 bits per heavy atom. The molecule has 0 radical (unpaired) electrons. The highest BCUT2D eigenvalue weighted by molar-refractivity contribution is 7.09. The van der Waals surface area contributed by atoms with Crippen LogP contribution < -0.4 is 10.5 Å². The van der Waals surface area contributed by atoms with Crippen molar-refractivity contribution in [3.8, 4) is 5.88 Å². The monoisotopic (exact) mass is 257 g/mol. The van der Waals surface area contributed by atoms with Gasteiger partial charge in [0.25, 0.3) is 0 Å². The number of rotatable bonds is 3. The Bertz CT molecular complexity index is 667. The number of hydrogen-bond donors (Lipinski definition) is 1. The molecule has 1 aromatic carbocycles. The van der Waals surface area contributed by atoms with Crippen LogP contribution in [0.15, 0.2) is 42.0 Å². The number of nitrogens with two attached hydrogens (primary N) is 1. The number of ether oxygens (including phenoxy) is 1. The van der Waals surface area contributed by atoms with E-state index < -0.39 is 0 Å². The van der Waals surface area contributed by atoms with Gasteiger partial charge >= 0.3 is 0 Å². The van der Waals surface area contributed by atoms with Crippen LogP contribution in [0.1, 0.15) is 4.88 Å². The van der Waals surface area contributed by atoms with E-state index >= 15 is 0 Å². The van der Waals surface area contributed by atoms with Crippen LogP contribution in [0, 0.1) is 0 Å². The number of benzene rings is 1. The minimum atomic E-state index is 0.512. The maximum atomic E-state index is 5.77. The molecule has 0 bridgehead atoms. The van der Waals surface area contributed by atoms with Gasteiger partial charge in [-0.1, -0.05) is 6.07 Å². The Morgan fingerprint density at radius 3 is 3.00 bits per heavy atom. The molecule has 0 atom stereocenters. The van der Waals surface area contributed by atoms with Crippen LogP contribution in [-0.4, -0.2) is 9.97 Å². The summed E-state index contributed by atoms with van der Waals surface area (Å²) in [7, 11) is 0. The maximum absolute atomic E-state index is 5.77. The van der Waals surface area contributed by atoms with E-state index in [4.69, 9.17) is 10.5 Å². The summed E-state index contributed by atoms with van der Waals surface area (Å²) in [6.45, 7) is 0.512. The molecule has 2 aromatic heterocycles. The van der Waals surface area contributed by atoms with Crippen molar-refractivity contribution in [2.24, 2.45) is 0 Å². The first-order valence-electron chi connectivity index (χ1n) is 5.48. The number of fused-ring (bicyclic) bond motifs is 1. The van der Waals surface area contributed by atoms with Gasteiger partial charge in [-0.05, 0) is 29.6 Å². The molecule has 0 spiro atoms. The lowest BCUT2D eigenvalue weighted by Gasteiger charge is -2.07. The molecule has 2 heterocycles. The van der Waals surface area contributed by atoms with Crippen molar-refractivity contribution >= 4 is 27.9 Å². The third kappa shape index (κ3) is 2.12. The first kappa shape index (κ1) is 11.0. The average Bonchev–Trinajstić information content (AvgIpc) is 2.89. The highest BCUT2D eigenvalue weighted by Gasteiger charge is 2.05. The van der Waals surface area contributed by atoms with Crippen molar-refractivity contribution in [3.05, 3.63) is 46.9 Å². The van der Waals surface area contributed by atoms with E-state index in [9.17, 15) is 0 Å². The fourth-order valence-corrected chi connectivity index (χ4v) is 2.32. The number of hydrogen-bond acceptors (Lipinski definition) is 5. The Morgan fingerprint density at radius 2 is 2.17 bits per heavy atom. The number of thiophene rings is 1. The second kappa shape index (κ2) is 4.62. The molecule has 0 aliphatic heterocycles. The van der Waals surface area contributed by atoms with Gasteiger partial charge in [0.05, 0.1) is 10.9 Å². The third-order valence-corrected chi connectivity index (χ3v) is 3.40. The van der Waals surface area contributed by atoms with Crippen molar-refractivity contribution < 1.29 is 4.74 Å². The molecule has 5 heteroatoms. The van der Waals surface area contributed by atoms with Gasteiger partial charge in [0.15, 0.2) is 0 Å². The zero-order valence-corrected chi connectivity index (χ0v) is 10.4. The first-order chi connectivity index (χ1) is 8.83. The second-order valence-corrected chi connectivity index (χ2v) is 4.86. The van der Waals surface area contributed by atoms with Gasteiger partial charge in [-0.25, -0.2) is 9.97 Å². The van der Waals surface area contributed by atoms with Crippen molar-refractivity contribution in [1.82, 2.24) is 9.97 Å². The van der Waals surface area contributed by atoms with Crippen molar-refractivity contribution in [2.45, 2.75) is 6.61 Å². The summed E-state index contributed by atoms with van der Waals surface area (Å²) in [5.41, 5.74) is 7.29. The molecule has 0 amide bonds. The van der Waals surface area contributed by atoms with Gasteiger partial charge in [0.2, 0.25) is 5.88 Å². The van der Waals surface area contributed by atoms with Crippen LogP contribution in [-0.2, 0) is 6.61 Å². The lowest BCUT2D eigenvalue weighted by Crippen LogP contribution is -1.97. The van der Waals surface area contributed by atoms with Crippen LogP contribution >= 0.6 is 11.3 Å². The van der Waals surface area contributed by atoms with E-state index in [0.717, 1.165) is 15.8 Å². The highest BCUT2D eigenvalue weighted by atomic mass is 32.1. The normalized spacial score (nSPS) is 10.7. The lowest BCUT2D eigenvalue weighted by molar-refractivity contribution is 0.301. The molecule has 3 aromatic rings. The molecule has 0 fully saturated rings. The average molecular weight is 257 g/mol. The molecule has 2 N–H and O–H groups in total. The SMILES string of the molecule is Nc1ccc2ncnc(OCc3cccs3)c2c1. The summed E-state index contributed by atoms with van der Waals surface area (Å²) in [4.78, 5) is 9.51. The molecular formula is C13H11N3OS. The first-order valence-corrected chi connectivity index (χ1v) is 6.36. The topological polar surface area (TPSA) is 61.0 Å². The molecule has 4 nitrogen and oxygen atoms in total. The fraction of sp³-hybridized carbons (Fsp3) is 0.0769.